The first-order valence-corrected chi connectivity index (χ1v) is 5.04. The second-order valence-corrected chi connectivity index (χ2v) is 4.48. The molecular formula is C9H16ClNO2. The van der Waals surface area contributed by atoms with Crippen molar-refractivity contribution in [2.45, 2.75) is 26.4 Å². The van der Waals surface area contributed by atoms with Crippen molar-refractivity contribution in [2.24, 2.45) is 5.41 Å². The van der Waals surface area contributed by atoms with Gasteiger partial charge in [0.05, 0.1) is 11.5 Å². The molecule has 1 saturated heterocycles. The van der Waals surface area contributed by atoms with Crippen LogP contribution < -0.4 is 0 Å². The second-order valence-electron chi connectivity index (χ2n) is 4.21. The predicted molar refractivity (Wildman–Crippen MR) is 51.7 cm³/mol. The minimum absolute atomic E-state index is 0.0408. The molecule has 4 heteroatoms. The lowest BCUT2D eigenvalue weighted by Gasteiger charge is -2.26. The van der Waals surface area contributed by atoms with Gasteiger partial charge in [-0.3, -0.25) is 4.79 Å². The summed E-state index contributed by atoms with van der Waals surface area (Å²) >= 11 is 5.69. The molecule has 0 bridgehead atoms. The first-order chi connectivity index (χ1) is 5.97. The average molecular weight is 206 g/mol. The number of carbonyl (C=O) groups is 1. The molecule has 1 atom stereocenters. The van der Waals surface area contributed by atoms with Crippen LogP contribution >= 0.6 is 11.6 Å². The Morgan fingerprint density at radius 2 is 2.31 bits per heavy atom. The summed E-state index contributed by atoms with van der Waals surface area (Å²) in [6, 6.07) is 0. The van der Waals surface area contributed by atoms with Gasteiger partial charge in [-0.25, -0.2) is 0 Å². The number of aliphatic hydroxyl groups excluding tert-OH is 1. The van der Waals surface area contributed by atoms with Gasteiger partial charge in [-0.2, -0.15) is 0 Å². The molecule has 0 aromatic carbocycles. The lowest BCUT2D eigenvalue weighted by Crippen LogP contribution is -2.41. The van der Waals surface area contributed by atoms with Crippen LogP contribution in [0.15, 0.2) is 0 Å². The normalized spacial score (nSPS) is 23.7. The summed E-state index contributed by atoms with van der Waals surface area (Å²) in [5.41, 5.74) is -0.508. The number of carbonyl (C=O) groups excluding carboxylic acids is 1. The van der Waals surface area contributed by atoms with E-state index in [-0.39, 0.29) is 12.0 Å². The fourth-order valence-electron chi connectivity index (χ4n) is 1.41. The molecule has 1 fully saturated rings. The summed E-state index contributed by atoms with van der Waals surface area (Å²) in [7, 11) is 0. The molecule has 0 saturated carbocycles. The number of rotatable bonds is 2. The number of amides is 1. The van der Waals surface area contributed by atoms with Crippen LogP contribution in [0.3, 0.4) is 0 Å². The van der Waals surface area contributed by atoms with Crippen LogP contribution in [0, 0.1) is 5.41 Å². The van der Waals surface area contributed by atoms with E-state index in [0.29, 0.717) is 25.4 Å². The number of halogens is 1. The standard InChI is InChI=1S/C9H16ClNO2/c1-9(2,6-10)8(13)11-4-3-7(12)5-11/h7,12H,3-6H2,1-2H3/t7-/m1/s1. The molecule has 1 aliphatic rings. The molecule has 0 aromatic heterocycles. The highest BCUT2D eigenvalue weighted by molar-refractivity contribution is 6.19. The highest BCUT2D eigenvalue weighted by Crippen LogP contribution is 2.23. The molecule has 1 rings (SSSR count). The lowest BCUT2D eigenvalue weighted by molar-refractivity contribution is -0.138. The van der Waals surface area contributed by atoms with Crippen molar-refractivity contribution in [1.29, 1.82) is 0 Å². The Labute approximate surface area is 83.7 Å². The third kappa shape index (κ3) is 2.35. The Balaban J connectivity index is 2.58. The van der Waals surface area contributed by atoms with Crippen LogP contribution in [-0.4, -0.2) is 41.0 Å². The van der Waals surface area contributed by atoms with E-state index in [1.54, 1.807) is 4.90 Å². The zero-order valence-corrected chi connectivity index (χ0v) is 8.84. The van der Waals surface area contributed by atoms with E-state index in [1.165, 1.54) is 0 Å². The van der Waals surface area contributed by atoms with Gasteiger partial charge in [0, 0.05) is 19.0 Å². The van der Waals surface area contributed by atoms with Crippen molar-refractivity contribution in [2.75, 3.05) is 19.0 Å². The summed E-state index contributed by atoms with van der Waals surface area (Å²) in [6.07, 6.45) is 0.333. The van der Waals surface area contributed by atoms with Crippen LogP contribution in [0.5, 0.6) is 0 Å². The average Bonchev–Trinajstić information content (AvgIpc) is 2.50. The lowest BCUT2D eigenvalue weighted by atomic mass is 9.94. The zero-order chi connectivity index (χ0) is 10.1. The van der Waals surface area contributed by atoms with E-state index in [4.69, 9.17) is 11.6 Å². The van der Waals surface area contributed by atoms with Gasteiger partial charge in [-0.05, 0) is 20.3 Å². The molecule has 1 amide bonds. The SMILES string of the molecule is CC(C)(CCl)C(=O)N1CC[C@@H](O)C1. The van der Waals surface area contributed by atoms with Crippen molar-refractivity contribution in [1.82, 2.24) is 4.90 Å². The van der Waals surface area contributed by atoms with Gasteiger partial charge < -0.3 is 10.0 Å². The van der Waals surface area contributed by atoms with Crippen LogP contribution in [0.2, 0.25) is 0 Å². The highest BCUT2D eigenvalue weighted by Gasteiger charge is 2.34. The predicted octanol–water partition coefficient (Wildman–Crippen LogP) is 0.845. The molecule has 1 aliphatic heterocycles. The molecule has 76 valence electrons. The zero-order valence-electron chi connectivity index (χ0n) is 8.09. The molecule has 0 unspecified atom stereocenters. The maximum atomic E-state index is 11.8. The van der Waals surface area contributed by atoms with Gasteiger partial charge in [-0.1, -0.05) is 0 Å². The fourth-order valence-corrected chi connectivity index (χ4v) is 1.53. The van der Waals surface area contributed by atoms with E-state index in [0.717, 1.165) is 0 Å². The van der Waals surface area contributed by atoms with Crippen molar-refractivity contribution in [3.63, 3.8) is 0 Å². The first kappa shape index (κ1) is 10.8. The molecule has 0 aromatic rings. The number of hydrogen-bond acceptors (Lipinski definition) is 2. The third-order valence-corrected chi connectivity index (χ3v) is 3.03. The van der Waals surface area contributed by atoms with E-state index in [1.807, 2.05) is 13.8 Å². The molecule has 1 N–H and O–H groups in total. The van der Waals surface area contributed by atoms with Gasteiger partial charge in [0.15, 0.2) is 0 Å². The fraction of sp³-hybridized carbons (Fsp3) is 0.889. The molecule has 0 aliphatic carbocycles. The van der Waals surface area contributed by atoms with Crippen LogP contribution in [0.4, 0.5) is 0 Å². The van der Waals surface area contributed by atoms with E-state index in [9.17, 15) is 9.90 Å². The molecular weight excluding hydrogens is 190 g/mol. The quantitative estimate of drug-likeness (QED) is 0.679. The molecule has 1 heterocycles. The van der Waals surface area contributed by atoms with E-state index in [2.05, 4.69) is 0 Å². The van der Waals surface area contributed by atoms with Crippen molar-refractivity contribution in [3.8, 4) is 0 Å². The van der Waals surface area contributed by atoms with Gasteiger partial charge in [0.1, 0.15) is 0 Å². The largest absolute Gasteiger partial charge is 0.391 e. The first-order valence-electron chi connectivity index (χ1n) is 4.51. The van der Waals surface area contributed by atoms with Crippen molar-refractivity contribution >= 4 is 17.5 Å². The number of β-amino-alcohol motifs (C(OH)–C–C–N with tert-alkyl or cyclic N) is 1. The minimum atomic E-state index is -0.508. The number of likely N-dealkylation sites (tertiary alicyclic amines) is 1. The summed E-state index contributed by atoms with van der Waals surface area (Å²) in [6.45, 7) is 4.76. The summed E-state index contributed by atoms with van der Waals surface area (Å²) in [5.74, 6) is 0.359. The van der Waals surface area contributed by atoms with Gasteiger partial charge in [0.25, 0.3) is 0 Å². The van der Waals surface area contributed by atoms with Crippen molar-refractivity contribution < 1.29 is 9.90 Å². The molecule has 0 spiro atoms. The highest BCUT2D eigenvalue weighted by atomic mass is 35.5. The summed E-state index contributed by atoms with van der Waals surface area (Å²) in [5, 5.41) is 9.26. The number of hydrogen-bond donors (Lipinski definition) is 1. The minimum Gasteiger partial charge on any atom is -0.391 e. The third-order valence-electron chi connectivity index (χ3n) is 2.36. The van der Waals surface area contributed by atoms with Crippen molar-refractivity contribution in [3.05, 3.63) is 0 Å². The van der Waals surface area contributed by atoms with Gasteiger partial charge >= 0.3 is 0 Å². The Morgan fingerprint density at radius 3 is 2.69 bits per heavy atom. The monoisotopic (exact) mass is 205 g/mol. The Hall–Kier alpha value is -0.280. The van der Waals surface area contributed by atoms with Crippen LogP contribution in [0.1, 0.15) is 20.3 Å². The van der Waals surface area contributed by atoms with E-state index < -0.39 is 5.41 Å². The summed E-state index contributed by atoms with van der Waals surface area (Å²) < 4.78 is 0. The number of nitrogens with zero attached hydrogens (tertiary/aromatic N) is 1. The van der Waals surface area contributed by atoms with E-state index >= 15 is 0 Å². The van der Waals surface area contributed by atoms with Gasteiger partial charge in [-0.15, -0.1) is 11.6 Å². The number of alkyl halides is 1. The molecule has 3 nitrogen and oxygen atoms in total. The smallest absolute Gasteiger partial charge is 0.229 e. The molecule has 0 radical (unpaired) electrons. The summed E-state index contributed by atoms with van der Waals surface area (Å²) in [4.78, 5) is 13.5. The van der Waals surface area contributed by atoms with Crippen LogP contribution in [-0.2, 0) is 4.79 Å². The maximum Gasteiger partial charge on any atom is 0.229 e. The topological polar surface area (TPSA) is 40.5 Å². The maximum absolute atomic E-state index is 11.8. The Kier molecular flexibility index (Phi) is 3.19. The number of aliphatic hydroxyl groups is 1. The van der Waals surface area contributed by atoms with Crippen LogP contribution in [0.25, 0.3) is 0 Å². The Morgan fingerprint density at radius 1 is 1.69 bits per heavy atom. The van der Waals surface area contributed by atoms with Gasteiger partial charge in [0.2, 0.25) is 5.91 Å². The Bertz CT molecular complexity index is 206. The second kappa shape index (κ2) is 3.84. The molecule has 13 heavy (non-hydrogen) atoms.